The van der Waals surface area contributed by atoms with Crippen molar-refractivity contribution in [1.82, 2.24) is 0 Å². The van der Waals surface area contributed by atoms with Gasteiger partial charge in [-0.1, -0.05) is 18.2 Å². The van der Waals surface area contributed by atoms with E-state index in [1.807, 2.05) is 30.3 Å². The summed E-state index contributed by atoms with van der Waals surface area (Å²) in [6.45, 7) is 0.814. The highest BCUT2D eigenvalue weighted by Crippen LogP contribution is 2.38. The first-order chi connectivity index (χ1) is 15.1. The van der Waals surface area contributed by atoms with Crippen molar-refractivity contribution < 1.29 is 19.1 Å². The molecule has 31 heavy (non-hydrogen) atoms. The number of nitrogens with one attached hydrogen (secondary N) is 1. The summed E-state index contributed by atoms with van der Waals surface area (Å²) in [6, 6.07) is 16.4. The minimum atomic E-state index is -0.490. The predicted octanol–water partition coefficient (Wildman–Crippen LogP) is 4.44. The Morgan fingerprint density at radius 2 is 1.55 bits per heavy atom. The van der Waals surface area contributed by atoms with Gasteiger partial charge in [0.05, 0.1) is 5.56 Å². The van der Waals surface area contributed by atoms with E-state index in [0.717, 1.165) is 41.9 Å². The summed E-state index contributed by atoms with van der Waals surface area (Å²) < 4.78 is 11.3. The molecule has 3 N–H and O–H groups in total. The Kier molecular flexibility index (Phi) is 6.52. The van der Waals surface area contributed by atoms with Crippen LogP contribution in [-0.2, 0) is 12.8 Å². The summed E-state index contributed by atoms with van der Waals surface area (Å²) in [5, 5.41) is 3.42. The molecule has 1 aromatic heterocycles. The molecule has 3 aromatic rings. The molecule has 7 heteroatoms. The Hall–Kier alpha value is -3.32. The Morgan fingerprint density at radius 1 is 0.903 bits per heavy atom. The van der Waals surface area contributed by atoms with Crippen LogP contribution in [0, 0.1) is 0 Å². The molecule has 0 bridgehead atoms. The summed E-state index contributed by atoms with van der Waals surface area (Å²) in [7, 11) is 0. The van der Waals surface area contributed by atoms with E-state index in [1.165, 1.54) is 11.3 Å². The molecule has 0 radical (unpaired) electrons. The van der Waals surface area contributed by atoms with Gasteiger partial charge in [-0.15, -0.1) is 11.3 Å². The third-order valence-corrected chi connectivity index (χ3v) is 6.33. The third-order valence-electron chi connectivity index (χ3n) is 5.13. The van der Waals surface area contributed by atoms with Crippen molar-refractivity contribution in [3.05, 3.63) is 76.2 Å². The van der Waals surface area contributed by atoms with Gasteiger partial charge >= 0.3 is 0 Å². The SMILES string of the molecule is NC(=O)c1c(NC(=O)c2ccc(OCCOc3ccccc3)cc2)sc2c1CCCC2. The predicted molar refractivity (Wildman–Crippen MR) is 121 cm³/mol. The quantitative estimate of drug-likeness (QED) is 0.511. The summed E-state index contributed by atoms with van der Waals surface area (Å²) in [6.07, 6.45) is 3.89. The number of para-hydroxylation sites is 1. The number of primary amides is 1. The molecule has 4 rings (SSSR count). The third kappa shape index (κ3) is 5.06. The van der Waals surface area contributed by atoms with Crippen LogP contribution < -0.4 is 20.5 Å². The van der Waals surface area contributed by atoms with Gasteiger partial charge in [-0.05, 0) is 67.6 Å². The molecule has 0 atom stereocenters. The topological polar surface area (TPSA) is 90.7 Å². The van der Waals surface area contributed by atoms with Crippen molar-refractivity contribution >= 4 is 28.2 Å². The Balaban J connectivity index is 1.34. The van der Waals surface area contributed by atoms with Gasteiger partial charge in [0.15, 0.2) is 0 Å². The van der Waals surface area contributed by atoms with E-state index in [9.17, 15) is 9.59 Å². The fraction of sp³-hybridized carbons (Fsp3) is 0.250. The number of carbonyl (C=O) groups excluding carboxylic acids is 2. The van der Waals surface area contributed by atoms with Crippen LogP contribution in [-0.4, -0.2) is 25.0 Å². The number of hydrogen-bond donors (Lipinski definition) is 2. The van der Waals surface area contributed by atoms with Crippen molar-refractivity contribution in [2.45, 2.75) is 25.7 Å². The molecule has 0 aliphatic heterocycles. The molecule has 6 nitrogen and oxygen atoms in total. The van der Waals surface area contributed by atoms with Crippen molar-refractivity contribution in [2.24, 2.45) is 5.73 Å². The highest BCUT2D eigenvalue weighted by Gasteiger charge is 2.25. The number of thiophene rings is 1. The van der Waals surface area contributed by atoms with E-state index >= 15 is 0 Å². The second-order valence-electron chi connectivity index (χ2n) is 7.27. The fourth-order valence-electron chi connectivity index (χ4n) is 3.63. The van der Waals surface area contributed by atoms with Crippen LogP contribution in [0.2, 0.25) is 0 Å². The van der Waals surface area contributed by atoms with Gasteiger partial charge < -0.3 is 20.5 Å². The van der Waals surface area contributed by atoms with E-state index in [-0.39, 0.29) is 5.91 Å². The lowest BCUT2D eigenvalue weighted by Gasteiger charge is -2.11. The maximum absolute atomic E-state index is 12.7. The van der Waals surface area contributed by atoms with Gasteiger partial charge in [0.25, 0.3) is 11.8 Å². The van der Waals surface area contributed by atoms with Crippen LogP contribution in [0.1, 0.15) is 44.0 Å². The molecule has 1 aliphatic carbocycles. The number of hydrogen-bond acceptors (Lipinski definition) is 5. The lowest BCUT2D eigenvalue weighted by atomic mass is 9.95. The zero-order chi connectivity index (χ0) is 21.6. The van der Waals surface area contributed by atoms with Crippen LogP contribution in [0.25, 0.3) is 0 Å². The van der Waals surface area contributed by atoms with Crippen molar-refractivity contribution in [3.63, 3.8) is 0 Å². The number of fused-ring (bicyclic) bond motifs is 1. The van der Waals surface area contributed by atoms with E-state index in [1.54, 1.807) is 24.3 Å². The highest BCUT2D eigenvalue weighted by atomic mass is 32.1. The fourth-order valence-corrected chi connectivity index (χ4v) is 4.92. The van der Waals surface area contributed by atoms with Gasteiger partial charge in [-0.2, -0.15) is 0 Å². The first kappa shape index (κ1) is 20.9. The largest absolute Gasteiger partial charge is 0.490 e. The van der Waals surface area contributed by atoms with Crippen LogP contribution in [0.5, 0.6) is 11.5 Å². The molecule has 2 amide bonds. The maximum atomic E-state index is 12.7. The van der Waals surface area contributed by atoms with Crippen molar-refractivity contribution in [1.29, 1.82) is 0 Å². The average Bonchev–Trinajstić information content (AvgIpc) is 3.16. The summed E-state index contributed by atoms with van der Waals surface area (Å²) in [5.74, 6) is 0.678. The van der Waals surface area contributed by atoms with Crippen molar-refractivity contribution in [3.8, 4) is 11.5 Å². The number of carbonyl (C=O) groups is 2. The lowest BCUT2D eigenvalue weighted by molar-refractivity contribution is 0.100. The molecule has 0 fully saturated rings. The molecule has 1 heterocycles. The van der Waals surface area contributed by atoms with Crippen LogP contribution in [0.15, 0.2) is 54.6 Å². The number of ether oxygens (including phenoxy) is 2. The molecule has 0 spiro atoms. The number of aryl methyl sites for hydroxylation is 1. The molecular formula is C24H24N2O4S. The summed E-state index contributed by atoms with van der Waals surface area (Å²) >= 11 is 1.46. The molecule has 1 aliphatic rings. The van der Waals surface area contributed by atoms with Gasteiger partial charge in [0, 0.05) is 10.4 Å². The normalized spacial score (nSPS) is 12.6. The standard InChI is InChI=1S/C24H24N2O4S/c25-22(27)21-19-8-4-5-9-20(19)31-24(21)26-23(28)16-10-12-18(13-11-16)30-15-14-29-17-6-2-1-3-7-17/h1-3,6-7,10-13H,4-5,8-9,14-15H2,(H2,25,27)(H,26,28). The van der Waals surface area contributed by atoms with Gasteiger partial charge in [0.1, 0.15) is 29.7 Å². The van der Waals surface area contributed by atoms with Crippen molar-refractivity contribution in [2.75, 3.05) is 18.5 Å². The van der Waals surface area contributed by atoms with E-state index in [4.69, 9.17) is 15.2 Å². The second kappa shape index (κ2) is 9.66. The number of rotatable bonds is 8. The molecule has 0 saturated heterocycles. The number of nitrogens with two attached hydrogens (primary N) is 1. The number of amides is 2. The first-order valence-electron chi connectivity index (χ1n) is 10.3. The van der Waals surface area contributed by atoms with E-state index in [0.29, 0.717) is 35.1 Å². The van der Waals surface area contributed by atoms with Gasteiger partial charge in [-0.3, -0.25) is 9.59 Å². The second-order valence-corrected chi connectivity index (χ2v) is 8.37. The van der Waals surface area contributed by atoms with E-state index in [2.05, 4.69) is 5.32 Å². The van der Waals surface area contributed by atoms with Crippen LogP contribution in [0.3, 0.4) is 0 Å². The Bertz CT molecular complexity index is 1060. The molecule has 0 saturated carbocycles. The highest BCUT2D eigenvalue weighted by molar-refractivity contribution is 7.17. The molecule has 160 valence electrons. The van der Waals surface area contributed by atoms with Gasteiger partial charge in [-0.25, -0.2) is 0 Å². The minimum absolute atomic E-state index is 0.278. The molecular weight excluding hydrogens is 412 g/mol. The number of benzene rings is 2. The summed E-state index contributed by atoms with van der Waals surface area (Å²) in [4.78, 5) is 25.8. The summed E-state index contributed by atoms with van der Waals surface area (Å²) in [5.41, 5.74) is 7.55. The Labute approximate surface area is 185 Å². The van der Waals surface area contributed by atoms with Crippen LogP contribution in [0.4, 0.5) is 5.00 Å². The molecule has 2 aromatic carbocycles. The number of anilines is 1. The molecule has 0 unspecified atom stereocenters. The Morgan fingerprint density at radius 3 is 2.23 bits per heavy atom. The minimum Gasteiger partial charge on any atom is -0.490 e. The smallest absolute Gasteiger partial charge is 0.256 e. The van der Waals surface area contributed by atoms with Crippen LogP contribution >= 0.6 is 11.3 Å². The lowest BCUT2D eigenvalue weighted by Crippen LogP contribution is -2.18. The van der Waals surface area contributed by atoms with Gasteiger partial charge in [0.2, 0.25) is 0 Å². The van der Waals surface area contributed by atoms with E-state index < -0.39 is 5.91 Å². The monoisotopic (exact) mass is 436 g/mol. The zero-order valence-corrected chi connectivity index (χ0v) is 17.9. The zero-order valence-electron chi connectivity index (χ0n) is 17.1. The average molecular weight is 437 g/mol. The maximum Gasteiger partial charge on any atom is 0.256 e. The first-order valence-corrected chi connectivity index (χ1v) is 11.1.